The van der Waals surface area contributed by atoms with Crippen LogP contribution in [0.4, 0.5) is 18.9 Å². The van der Waals surface area contributed by atoms with Gasteiger partial charge in [-0.05, 0) is 42.0 Å². The number of piperidine rings is 3. The third-order valence-electron chi connectivity index (χ3n) is 7.88. The van der Waals surface area contributed by atoms with Crippen LogP contribution >= 0.6 is 0 Å². The number of fused-ring (bicyclic) bond motifs is 3. The molecule has 0 amide bonds. The molecule has 2 atom stereocenters. The highest BCUT2D eigenvalue weighted by atomic mass is 19.4. The van der Waals surface area contributed by atoms with Gasteiger partial charge in [-0.2, -0.15) is 13.2 Å². The second-order valence-electron chi connectivity index (χ2n) is 10.7. The molecule has 0 saturated carbocycles. The number of esters is 1. The number of benzene rings is 3. The molecular formula is C32H33F3N2O6. The number of methoxy groups -OCH3 is 1. The fourth-order valence-electron chi connectivity index (χ4n) is 5.59. The quantitative estimate of drug-likeness (QED) is 0.224. The number of carbonyl (C=O) groups is 3. The van der Waals surface area contributed by atoms with Gasteiger partial charge in [0.1, 0.15) is 24.8 Å². The van der Waals surface area contributed by atoms with Crippen LogP contribution < -0.4 is 15.2 Å². The van der Waals surface area contributed by atoms with Crippen molar-refractivity contribution < 1.29 is 46.6 Å². The number of aliphatic carboxylic acids is 1. The van der Waals surface area contributed by atoms with Gasteiger partial charge < -0.3 is 29.2 Å². The second-order valence-corrected chi connectivity index (χ2v) is 10.7. The monoisotopic (exact) mass is 598 g/mol. The van der Waals surface area contributed by atoms with Gasteiger partial charge in [-0.15, -0.1) is 0 Å². The Bertz CT molecular complexity index is 1380. The summed E-state index contributed by atoms with van der Waals surface area (Å²) < 4.78 is 43.7. The molecule has 0 aromatic heterocycles. The number of carboxylic acids is 1. The van der Waals surface area contributed by atoms with Crippen molar-refractivity contribution in [3.63, 3.8) is 0 Å². The van der Waals surface area contributed by atoms with Crippen LogP contribution in [-0.2, 0) is 14.3 Å². The van der Waals surface area contributed by atoms with Gasteiger partial charge in [0.2, 0.25) is 5.78 Å². The van der Waals surface area contributed by atoms with Crippen molar-refractivity contribution >= 4 is 23.4 Å². The maximum atomic E-state index is 13.5. The second kappa shape index (κ2) is 13.7. The number of carboxylic acid groups (broad SMARTS) is 1. The molecule has 2 bridgehead atoms. The summed E-state index contributed by atoms with van der Waals surface area (Å²) >= 11 is 0. The molecule has 3 saturated heterocycles. The topological polar surface area (TPSA) is 105 Å². The third-order valence-corrected chi connectivity index (χ3v) is 7.88. The first-order valence-electron chi connectivity index (χ1n) is 13.9. The number of nitrogens with one attached hydrogen (secondary N) is 1. The van der Waals surface area contributed by atoms with E-state index in [-0.39, 0.29) is 17.9 Å². The van der Waals surface area contributed by atoms with E-state index < -0.39 is 18.2 Å². The molecule has 3 heterocycles. The number of para-hydroxylation sites is 1. The number of ether oxygens (including phenoxy) is 2. The number of carbonyl (C=O) groups excluding carboxylic acids is 3. The average molecular weight is 599 g/mol. The van der Waals surface area contributed by atoms with Gasteiger partial charge in [0.05, 0.1) is 20.2 Å². The van der Waals surface area contributed by atoms with Crippen LogP contribution in [0.1, 0.15) is 34.8 Å². The standard InChI is InChI=1S/C30H33N2O4.C2HF3O2/c1-35-26-14-12-22(13-15-26)27(33)20-32-18-16-23(17-19-32)28(21-32)36-30(34)29(24-8-4-2-5-9-24)31-25-10-6-3-7-11-25;3-2(4,5)1(6)7/h2-15,23,28-29,31H,16-21H2,1H3;(H,6,7)/q+1;/p-1/t23?,28-,29?,32?;/m0./s1. The number of ketones is 1. The number of alkyl halides is 3. The number of hydrogen-bond donors (Lipinski definition) is 1. The van der Waals surface area contributed by atoms with Gasteiger partial charge in [0, 0.05) is 30.0 Å². The van der Waals surface area contributed by atoms with Gasteiger partial charge in [-0.25, -0.2) is 4.79 Å². The van der Waals surface area contributed by atoms with E-state index in [0.29, 0.717) is 29.1 Å². The SMILES string of the molecule is COc1ccc(C(=O)C[N+]23CCC(CC2)[C@@H](OC(=O)C(Nc2ccccc2)c2ccccc2)C3)cc1.O=C([O-])C(F)(F)F. The van der Waals surface area contributed by atoms with Crippen molar-refractivity contribution in [2.75, 3.05) is 38.6 Å². The Morgan fingerprint density at radius 3 is 2.02 bits per heavy atom. The predicted octanol–water partition coefficient (Wildman–Crippen LogP) is 4.18. The van der Waals surface area contributed by atoms with E-state index in [1.54, 1.807) is 7.11 Å². The molecular weight excluding hydrogens is 565 g/mol. The zero-order chi connectivity index (χ0) is 31.0. The fourth-order valence-corrected chi connectivity index (χ4v) is 5.59. The van der Waals surface area contributed by atoms with E-state index in [4.69, 9.17) is 19.4 Å². The third kappa shape index (κ3) is 8.35. The highest BCUT2D eigenvalue weighted by molar-refractivity contribution is 5.97. The average Bonchev–Trinajstić information content (AvgIpc) is 3.01. The summed E-state index contributed by atoms with van der Waals surface area (Å²) in [5.74, 6) is -2.08. The van der Waals surface area contributed by atoms with Gasteiger partial charge in [-0.3, -0.25) is 4.79 Å². The van der Waals surface area contributed by atoms with Gasteiger partial charge in [0.25, 0.3) is 0 Å². The number of nitrogens with zero attached hydrogens (tertiary/aromatic N) is 1. The highest BCUT2D eigenvalue weighted by Crippen LogP contribution is 2.37. The Morgan fingerprint density at radius 1 is 0.930 bits per heavy atom. The van der Waals surface area contributed by atoms with Crippen molar-refractivity contribution in [2.45, 2.75) is 31.2 Å². The molecule has 1 N–H and O–H groups in total. The minimum Gasteiger partial charge on any atom is -0.542 e. The molecule has 0 spiro atoms. The Labute approximate surface area is 247 Å². The maximum absolute atomic E-state index is 13.5. The molecule has 1 unspecified atom stereocenters. The molecule has 3 aliphatic rings. The van der Waals surface area contributed by atoms with Crippen LogP contribution in [0, 0.1) is 5.92 Å². The van der Waals surface area contributed by atoms with E-state index in [0.717, 1.165) is 42.9 Å². The molecule has 3 aliphatic heterocycles. The summed E-state index contributed by atoms with van der Waals surface area (Å²) in [5.41, 5.74) is 2.43. The molecule has 6 rings (SSSR count). The van der Waals surface area contributed by atoms with E-state index in [9.17, 15) is 22.8 Å². The van der Waals surface area contributed by atoms with Crippen LogP contribution in [0.5, 0.6) is 5.75 Å². The van der Waals surface area contributed by atoms with Crippen molar-refractivity contribution in [3.05, 3.63) is 96.1 Å². The van der Waals surface area contributed by atoms with Gasteiger partial charge in [0.15, 0.2) is 12.1 Å². The molecule has 3 aromatic rings. The summed E-state index contributed by atoms with van der Waals surface area (Å²) in [6.45, 7) is 3.01. The van der Waals surface area contributed by atoms with Crippen molar-refractivity contribution in [2.24, 2.45) is 5.92 Å². The Kier molecular flexibility index (Phi) is 10.1. The van der Waals surface area contributed by atoms with Crippen LogP contribution in [0.25, 0.3) is 0 Å². The number of anilines is 1. The largest absolute Gasteiger partial charge is 0.542 e. The number of halogens is 3. The first-order chi connectivity index (χ1) is 20.5. The van der Waals surface area contributed by atoms with Crippen molar-refractivity contribution in [1.82, 2.24) is 0 Å². The van der Waals surface area contributed by atoms with E-state index in [1.807, 2.05) is 84.9 Å². The van der Waals surface area contributed by atoms with Gasteiger partial charge in [-0.1, -0.05) is 48.5 Å². The summed E-state index contributed by atoms with van der Waals surface area (Å²) in [4.78, 5) is 35.5. The first kappa shape index (κ1) is 31.6. The van der Waals surface area contributed by atoms with Crippen LogP contribution in [0.2, 0.25) is 0 Å². The lowest BCUT2D eigenvalue weighted by molar-refractivity contribution is -0.938. The first-order valence-corrected chi connectivity index (χ1v) is 13.9. The Morgan fingerprint density at radius 2 is 1.49 bits per heavy atom. The van der Waals surface area contributed by atoms with E-state index >= 15 is 0 Å². The molecule has 228 valence electrons. The number of quaternary nitrogens is 1. The maximum Gasteiger partial charge on any atom is 0.430 e. The summed E-state index contributed by atoms with van der Waals surface area (Å²) in [6.07, 6.45) is -3.45. The highest BCUT2D eigenvalue weighted by Gasteiger charge is 2.49. The molecule has 8 nitrogen and oxygen atoms in total. The zero-order valence-electron chi connectivity index (χ0n) is 23.6. The minimum absolute atomic E-state index is 0.121. The van der Waals surface area contributed by atoms with E-state index in [1.165, 1.54) is 0 Å². The number of rotatable bonds is 9. The summed E-state index contributed by atoms with van der Waals surface area (Å²) in [6, 6.07) is 26.1. The normalized spacial score (nSPS) is 21.5. The van der Waals surface area contributed by atoms with Crippen LogP contribution in [0.15, 0.2) is 84.9 Å². The number of hydrogen-bond acceptors (Lipinski definition) is 7. The predicted molar refractivity (Wildman–Crippen MR) is 150 cm³/mol. The van der Waals surface area contributed by atoms with Gasteiger partial charge >= 0.3 is 12.1 Å². The fraction of sp³-hybridized carbons (Fsp3) is 0.344. The van der Waals surface area contributed by atoms with Crippen molar-refractivity contribution in [3.8, 4) is 5.75 Å². The lowest BCUT2D eigenvalue weighted by Crippen LogP contribution is -2.65. The summed E-state index contributed by atoms with van der Waals surface area (Å²) in [5, 5.41) is 12.1. The Balaban J connectivity index is 0.000000541. The van der Waals surface area contributed by atoms with Crippen molar-refractivity contribution in [1.29, 1.82) is 0 Å². The Hall–Kier alpha value is -4.38. The molecule has 0 radical (unpaired) electrons. The van der Waals surface area contributed by atoms with Crippen LogP contribution in [-0.4, -0.2) is 67.8 Å². The lowest BCUT2D eigenvalue weighted by atomic mass is 9.82. The number of Topliss-reactive ketones (excluding diaryl/α,β-unsaturated/α-hetero) is 1. The smallest absolute Gasteiger partial charge is 0.430 e. The molecule has 0 aliphatic carbocycles. The minimum atomic E-state index is -5.19. The molecule has 3 fully saturated rings. The lowest BCUT2D eigenvalue weighted by Gasteiger charge is -2.51. The van der Waals surface area contributed by atoms with Crippen LogP contribution in [0.3, 0.4) is 0 Å². The molecule has 3 aromatic carbocycles. The zero-order valence-corrected chi connectivity index (χ0v) is 23.6. The van der Waals surface area contributed by atoms with E-state index in [2.05, 4.69) is 5.32 Å². The summed E-state index contributed by atoms with van der Waals surface area (Å²) in [7, 11) is 1.62. The molecule has 11 heteroatoms. The molecule has 43 heavy (non-hydrogen) atoms.